The van der Waals surface area contributed by atoms with Crippen LogP contribution in [0.3, 0.4) is 0 Å². The molecule has 0 saturated carbocycles. The molecule has 4 atom stereocenters. The standard InChI is InChI=1S/C34H26O15/c35-14-5-20(37)18-9-25(42)32(47-26(18)7-14)17-11-29(43)49-33-16(17)1-12(2-24(33)41)31-28(10-19-21(38)6-15(36)8-27(19)46-31)48-34(45)13-3-22(39)30(44)23(40)4-13/h1-8,11,25,28,31-32,35-42,44H,9-10H2/t25-,28-,31+,32+/m1/s1. The maximum Gasteiger partial charge on any atom is 0.338 e. The van der Waals surface area contributed by atoms with Gasteiger partial charge in [0.2, 0.25) is 0 Å². The van der Waals surface area contributed by atoms with E-state index in [0.29, 0.717) is 0 Å². The molecule has 49 heavy (non-hydrogen) atoms. The summed E-state index contributed by atoms with van der Waals surface area (Å²) in [6.07, 6.45) is -5.47. The quantitative estimate of drug-likeness (QED) is 0.0752. The number of carbonyl (C=O) groups is 1. The predicted octanol–water partition coefficient (Wildman–Crippen LogP) is 3.38. The molecule has 9 N–H and O–H groups in total. The van der Waals surface area contributed by atoms with Gasteiger partial charge in [-0.3, -0.25) is 0 Å². The highest BCUT2D eigenvalue weighted by atomic mass is 16.6. The van der Waals surface area contributed by atoms with Gasteiger partial charge in [-0.1, -0.05) is 0 Å². The van der Waals surface area contributed by atoms with E-state index in [1.807, 2.05) is 0 Å². The highest BCUT2D eigenvalue weighted by molar-refractivity contribution is 5.91. The van der Waals surface area contributed by atoms with Gasteiger partial charge in [-0.25, -0.2) is 9.59 Å². The minimum absolute atomic E-state index is 0.0105. The fraction of sp³-hybridized carbons (Fsp3) is 0.176. The van der Waals surface area contributed by atoms with Gasteiger partial charge in [0, 0.05) is 70.8 Å². The van der Waals surface area contributed by atoms with Crippen molar-refractivity contribution in [2.45, 2.75) is 37.3 Å². The largest absolute Gasteiger partial charge is 0.508 e. The number of phenols is 8. The highest BCUT2D eigenvalue weighted by Gasteiger charge is 2.39. The minimum Gasteiger partial charge on any atom is -0.508 e. The lowest BCUT2D eigenvalue weighted by molar-refractivity contribution is -0.0188. The first-order valence-corrected chi connectivity index (χ1v) is 14.6. The molecule has 0 bridgehead atoms. The summed E-state index contributed by atoms with van der Waals surface area (Å²) in [6.45, 7) is 0. The Kier molecular flexibility index (Phi) is 7.21. The zero-order valence-corrected chi connectivity index (χ0v) is 24.9. The van der Waals surface area contributed by atoms with Gasteiger partial charge in [-0.2, -0.15) is 0 Å². The summed E-state index contributed by atoms with van der Waals surface area (Å²) in [5.41, 5.74) is -0.975. The number of aliphatic hydroxyl groups excluding tert-OH is 1. The Balaban J connectivity index is 1.34. The van der Waals surface area contributed by atoms with Crippen LogP contribution in [-0.4, -0.2) is 64.1 Å². The van der Waals surface area contributed by atoms with E-state index >= 15 is 0 Å². The molecule has 252 valence electrons. The SMILES string of the molecule is O=C(O[C@@H]1Cc2c(O)cc(O)cc2O[C@H]1c1cc(O)c2oc(=O)cc([C@@H]3Oc4cc(O)cc(O)c4C[C@H]3O)c2c1)c1cc(O)c(O)c(O)c1. The summed E-state index contributed by atoms with van der Waals surface area (Å²) >= 11 is 0. The summed E-state index contributed by atoms with van der Waals surface area (Å²) in [6, 6.07) is 9.97. The number of hydrogen-bond donors (Lipinski definition) is 9. The van der Waals surface area contributed by atoms with Crippen molar-refractivity contribution < 1.29 is 69.4 Å². The maximum absolute atomic E-state index is 13.3. The molecule has 3 heterocycles. The van der Waals surface area contributed by atoms with Gasteiger partial charge in [-0.15, -0.1) is 0 Å². The molecule has 15 heteroatoms. The molecular formula is C34H26O15. The molecule has 0 unspecified atom stereocenters. The van der Waals surface area contributed by atoms with Crippen molar-refractivity contribution in [3.8, 4) is 57.5 Å². The molecular weight excluding hydrogens is 648 g/mol. The van der Waals surface area contributed by atoms with E-state index in [1.165, 1.54) is 24.3 Å². The number of aliphatic hydroxyl groups is 1. The molecule has 0 spiro atoms. The van der Waals surface area contributed by atoms with Gasteiger partial charge in [0.25, 0.3) is 0 Å². The van der Waals surface area contributed by atoms with Crippen LogP contribution in [0.4, 0.5) is 0 Å². The van der Waals surface area contributed by atoms with Gasteiger partial charge in [0.1, 0.15) is 40.6 Å². The lowest BCUT2D eigenvalue weighted by Crippen LogP contribution is -2.35. The van der Waals surface area contributed by atoms with Crippen molar-refractivity contribution in [2.75, 3.05) is 0 Å². The number of hydrogen-bond acceptors (Lipinski definition) is 15. The summed E-state index contributed by atoms with van der Waals surface area (Å²) < 4.78 is 23.1. The van der Waals surface area contributed by atoms with Crippen molar-refractivity contribution in [3.05, 3.63) is 92.8 Å². The molecule has 0 fully saturated rings. The Bertz CT molecular complexity index is 2220. The third-order valence-corrected chi connectivity index (χ3v) is 8.43. The van der Waals surface area contributed by atoms with Crippen LogP contribution in [0.2, 0.25) is 0 Å². The summed E-state index contributed by atoms with van der Waals surface area (Å²) in [7, 11) is 0. The third kappa shape index (κ3) is 5.41. The highest BCUT2D eigenvalue weighted by Crippen LogP contribution is 2.47. The first kappa shape index (κ1) is 31.1. The topological polar surface area (TPSA) is 257 Å². The normalized spacial score (nSPS) is 19.7. The lowest BCUT2D eigenvalue weighted by atomic mass is 9.90. The number of rotatable bonds is 4. The van der Waals surface area contributed by atoms with E-state index in [9.17, 15) is 55.5 Å². The molecule has 0 aliphatic carbocycles. The van der Waals surface area contributed by atoms with Crippen LogP contribution in [0.15, 0.2) is 63.8 Å². The molecule has 0 radical (unpaired) electrons. The molecule has 0 amide bonds. The van der Waals surface area contributed by atoms with E-state index in [1.54, 1.807) is 0 Å². The Labute approximate surface area is 273 Å². The second kappa shape index (κ2) is 11.3. The zero-order chi connectivity index (χ0) is 34.9. The average Bonchev–Trinajstić information content (AvgIpc) is 3.03. The van der Waals surface area contributed by atoms with E-state index < -0.39 is 59.0 Å². The number of esters is 1. The summed E-state index contributed by atoms with van der Waals surface area (Å²) in [5.74, 6) is -5.36. The lowest BCUT2D eigenvalue weighted by Gasteiger charge is -2.34. The molecule has 7 rings (SSSR count). The van der Waals surface area contributed by atoms with Crippen molar-refractivity contribution in [1.29, 1.82) is 0 Å². The summed E-state index contributed by atoms with van der Waals surface area (Å²) in [4.78, 5) is 25.9. The Hall–Kier alpha value is -6.48. The molecule has 5 aromatic rings. The van der Waals surface area contributed by atoms with Crippen LogP contribution in [0.5, 0.6) is 57.5 Å². The van der Waals surface area contributed by atoms with Crippen LogP contribution in [0, 0.1) is 0 Å². The molecule has 4 aromatic carbocycles. The molecule has 15 nitrogen and oxygen atoms in total. The van der Waals surface area contributed by atoms with Gasteiger partial charge >= 0.3 is 11.6 Å². The second-order valence-electron chi connectivity index (χ2n) is 11.7. The van der Waals surface area contributed by atoms with E-state index in [2.05, 4.69) is 0 Å². The summed E-state index contributed by atoms with van der Waals surface area (Å²) in [5, 5.41) is 92.8. The molecule has 2 aliphatic heterocycles. The van der Waals surface area contributed by atoms with E-state index in [0.717, 1.165) is 30.3 Å². The number of phenolic OH excluding ortho intramolecular Hbond substituents is 8. The molecule has 0 saturated heterocycles. The molecule has 2 aliphatic rings. The fourth-order valence-corrected chi connectivity index (χ4v) is 6.18. The fourth-order valence-electron chi connectivity index (χ4n) is 6.18. The van der Waals surface area contributed by atoms with Crippen LogP contribution in [0.25, 0.3) is 11.0 Å². The Morgan fingerprint density at radius 2 is 1.27 bits per heavy atom. The number of benzene rings is 4. The first-order valence-electron chi connectivity index (χ1n) is 14.6. The number of carbonyl (C=O) groups excluding carboxylic acids is 1. The smallest absolute Gasteiger partial charge is 0.338 e. The predicted molar refractivity (Wildman–Crippen MR) is 164 cm³/mol. The minimum atomic E-state index is -1.32. The second-order valence-corrected chi connectivity index (χ2v) is 11.7. The monoisotopic (exact) mass is 674 g/mol. The van der Waals surface area contributed by atoms with Crippen LogP contribution < -0.4 is 15.1 Å². The van der Waals surface area contributed by atoms with Crippen LogP contribution >= 0.6 is 0 Å². The maximum atomic E-state index is 13.3. The van der Waals surface area contributed by atoms with Gasteiger partial charge in [-0.05, 0) is 24.3 Å². The van der Waals surface area contributed by atoms with Gasteiger partial charge < -0.3 is 64.6 Å². The average molecular weight is 675 g/mol. The van der Waals surface area contributed by atoms with Crippen molar-refractivity contribution in [1.82, 2.24) is 0 Å². The molecule has 1 aromatic heterocycles. The van der Waals surface area contributed by atoms with Gasteiger partial charge in [0.15, 0.2) is 40.8 Å². The van der Waals surface area contributed by atoms with Gasteiger partial charge in [0.05, 0.1) is 11.7 Å². The zero-order valence-electron chi connectivity index (χ0n) is 24.9. The van der Waals surface area contributed by atoms with Crippen molar-refractivity contribution in [2.24, 2.45) is 0 Å². The number of fused-ring (bicyclic) bond motifs is 3. The van der Waals surface area contributed by atoms with E-state index in [-0.39, 0.29) is 86.1 Å². The first-order chi connectivity index (χ1) is 23.3. The van der Waals surface area contributed by atoms with Crippen molar-refractivity contribution >= 4 is 16.9 Å². The van der Waals surface area contributed by atoms with Crippen LogP contribution in [-0.2, 0) is 17.6 Å². The van der Waals surface area contributed by atoms with Crippen molar-refractivity contribution in [3.63, 3.8) is 0 Å². The van der Waals surface area contributed by atoms with E-state index in [4.69, 9.17) is 18.6 Å². The third-order valence-electron chi connectivity index (χ3n) is 8.43. The number of aromatic hydroxyl groups is 8. The Morgan fingerprint density at radius 3 is 1.90 bits per heavy atom. The van der Waals surface area contributed by atoms with Crippen LogP contribution in [0.1, 0.15) is 44.8 Å². The number of ether oxygens (including phenoxy) is 3. The Morgan fingerprint density at radius 1 is 0.673 bits per heavy atom.